The minimum absolute atomic E-state index is 0.199. The van der Waals surface area contributed by atoms with Gasteiger partial charge in [-0.2, -0.15) is 0 Å². The van der Waals surface area contributed by atoms with Crippen LogP contribution in [0.1, 0.15) is 28.4 Å². The van der Waals surface area contributed by atoms with Crippen LogP contribution in [0.15, 0.2) is 42.5 Å². The number of fused-ring (bicyclic) bond motifs is 1. The minimum atomic E-state index is -0.799. The number of ether oxygens (including phenoxy) is 3. The topological polar surface area (TPSA) is 65.1 Å². The Labute approximate surface area is 158 Å². The van der Waals surface area contributed by atoms with Crippen LogP contribution in [0.25, 0.3) is 0 Å². The number of rotatable bonds is 6. The number of likely N-dealkylation sites (N-methyl/N-ethyl adjacent to an activating group) is 1. The molecule has 1 heterocycles. The van der Waals surface area contributed by atoms with E-state index < -0.39 is 12.1 Å². The number of benzene rings is 2. The van der Waals surface area contributed by atoms with E-state index >= 15 is 0 Å². The third-order valence-corrected chi connectivity index (χ3v) is 4.68. The van der Waals surface area contributed by atoms with Gasteiger partial charge in [0, 0.05) is 19.5 Å². The van der Waals surface area contributed by atoms with Gasteiger partial charge < -0.3 is 19.1 Å². The summed E-state index contributed by atoms with van der Waals surface area (Å²) >= 11 is 0. The number of hydrogen-bond donors (Lipinski definition) is 0. The van der Waals surface area contributed by atoms with E-state index in [4.69, 9.17) is 14.2 Å². The zero-order valence-corrected chi connectivity index (χ0v) is 15.7. The smallest absolute Gasteiger partial charge is 0.339 e. The van der Waals surface area contributed by atoms with Crippen molar-refractivity contribution in [1.29, 1.82) is 0 Å². The van der Waals surface area contributed by atoms with Crippen LogP contribution in [-0.2, 0) is 22.5 Å². The lowest BCUT2D eigenvalue weighted by atomic mass is 9.98. The first-order valence-corrected chi connectivity index (χ1v) is 8.86. The zero-order valence-electron chi connectivity index (χ0n) is 15.7. The molecule has 1 unspecified atom stereocenters. The first kappa shape index (κ1) is 18.8. The Kier molecular flexibility index (Phi) is 5.64. The summed E-state index contributed by atoms with van der Waals surface area (Å²) in [5.74, 6) is 0.595. The van der Waals surface area contributed by atoms with E-state index in [1.165, 1.54) is 0 Å². The van der Waals surface area contributed by atoms with Crippen molar-refractivity contribution >= 4 is 11.9 Å². The van der Waals surface area contributed by atoms with Gasteiger partial charge in [0.15, 0.2) is 17.6 Å². The Hall–Kier alpha value is -3.02. The van der Waals surface area contributed by atoms with Crippen LogP contribution in [0.2, 0.25) is 0 Å². The van der Waals surface area contributed by atoms with Gasteiger partial charge in [0.1, 0.15) is 0 Å². The predicted molar refractivity (Wildman–Crippen MR) is 100.0 cm³/mol. The van der Waals surface area contributed by atoms with E-state index in [-0.39, 0.29) is 5.91 Å². The van der Waals surface area contributed by atoms with Gasteiger partial charge in [0.25, 0.3) is 5.91 Å². The Morgan fingerprint density at radius 3 is 2.59 bits per heavy atom. The first-order chi connectivity index (χ1) is 13.1. The second kappa shape index (κ2) is 8.12. The molecule has 27 heavy (non-hydrogen) atoms. The summed E-state index contributed by atoms with van der Waals surface area (Å²) in [6.45, 7) is 2.80. The lowest BCUT2D eigenvalue weighted by Crippen LogP contribution is -2.44. The van der Waals surface area contributed by atoms with Crippen molar-refractivity contribution in [3.8, 4) is 11.5 Å². The summed E-state index contributed by atoms with van der Waals surface area (Å²) in [6.07, 6.45) is -0.407. The highest BCUT2D eigenvalue weighted by Gasteiger charge is 2.33. The summed E-state index contributed by atoms with van der Waals surface area (Å²) in [6, 6.07) is 12.8. The summed E-state index contributed by atoms with van der Waals surface area (Å²) < 4.78 is 16.0. The Morgan fingerprint density at radius 1 is 1.15 bits per heavy atom. The lowest BCUT2D eigenvalue weighted by Gasteiger charge is -2.29. The molecule has 1 aliphatic heterocycles. The molecule has 0 aromatic heterocycles. The monoisotopic (exact) mass is 369 g/mol. The van der Waals surface area contributed by atoms with Crippen molar-refractivity contribution in [2.45, 2.75) is 26.0 Å². The van der Waals surface area contributed by atoms with Gasteiger partial charge in [-0.3, -0.25) is 4.79 Å². The van der Waals surface area contributed by atoms with Crippen LogP contribution in [0.5, 0.6) is 11.5 Å². The highest BCUT2D eigenvalue weighted by Crippen LogP contribution is 2.28. The zero-order chi connectivity index (χ0) is 19.4. The second-order valence-corrected chi connectivity index (χ2v) is 6.30. The fourth-order valence-corrected chi connectivity index (χ4v) is 3.22. The maximum Gasteiger partial charge on any atom is 0.339 e. The van der Waals surface area contributed by atoms with E-state index in [0.717, 1.165) is 11.1 Å². The van der Waals surface area contributed by atoms with E-state index in [1.54, 1.807) is 31.3 Å². The molecule has 2 aromatic carbocycles. The van der Waals surface area contributed by atoms with Gasteiger partial charge in [-0.25, -0.2) is 4.79 Å². The molecule has 6 heteroatoms. The molecule has 0 fully saturated rings. The average Bonchev–Trinajstić information content (AvgIpc) is 2.71. The molecule has 1 amide bonds. The normalized spacial score (nSPS) is 15.5. The third kappa shape index (κ3) is 3.89. The van der Waals surface area contributed by atoms with Crippen LogP contribution in [0, 0.1) is 0 Å². The van der Waals surface area contributed by atoms with Gasteiger partial charge >= 0.3 is 5.97 Å². The molecule has 3 rings (SSSR count). The summed E-state index contributed by atoms with van der Waals surface area (Å²) in [5, 5.41) is 0. The van der Waals surface area contributed by atoms with Gasteiger partial charge in [0.2, 0.25) is 0 Å². The number of amides is 1. The predicted octanol–water partition coefficient (Wildman–Crippen LogP) is 2.83. The maximum atomic E-state index is 13.0. The summed E-state index contributed by atoms with van der Waals surface area (Å²) in [5.41, 5.74) is 2.28. The highest BCUT2D eigenvalue weighted by atomic mass is 16.5. The highest BCUT2D eigenvalue weighted by molar-refractivity contribution is 5.95. The molecule has 0 bridgehead atoms. The van der Waals surface area contributed by atoms with Crippen LogP contribution in [-0.4, -0.2) is 43.6 Å². The molecule has 2 aromatic rings. The van der Waals surface area contributed by atoms with Crippen molar-refractivity contribution in [1.82, 2.24) is 4.90 Å². The number of carbonyl (C=O) groups excluding carboxylic acids is 2. The van der Waals surface area contributed by atoms with Crippen LogP contribution in [0.3, 0.4) is 0 Å². The van der Waals surface area contributed by atoms with Crippen molar-refractivity contribution in [2.75, 3.05) is 20.8 Å². The van der Waals surface area contributed by atoms with Gasteiger partial charge in [0.05, 0.1) is 19.8 Å². The van der Waals surface area contributed by atoms with Crippen molar-refractivity contribution in [3.05, 3.63) is 59.2 Å². The van der Waals surface area contributed by atoms with Crippen molar-refractivity contribution < 1.29 is 23.8 Å². The number of nitrogens with zero attached hydrogens (tertiary/aromatic N) is 1. The molecule has 0 N–H and O–H groups in total. The van der Waals surface area contributed by atoms with E-state index in [0.29, 0.717) is 36.6 Å². The van der Waals surface area contributed by atoms with Gasteiger partial charge in [-0.05, 0) is 36.2 Å². The minimum Gasteiger partial charge on any atom is -0.493 e. The van der Waals surface area contributed by atoms with Crippen molar-refractivity contribution in [2.24, 2.45) is 0 Å². The first-order valence-electron chi connectivity index (χ1n) is 8.86. The third-order valence-electron chi connectivity index (χ3n) is 4.68. The molecule has 0 saturated heterocycles. The lowest BCUT2D eigenvalue weighted by molar-refractivity contribution is -0.141. The molecular formula is C21H23NO5. The number of hydrogen-bond acceptors (Lipinski definition) is 5. The fraction of sp³-hybridized carbons (Fsp3) is 0.333. The van der Waals surface area contributed by atoms with E-state index in [2.05, 4.69) is 0 Å². The molecule has 0 spiro atoms. The summed E-state index contributed by atoms with van der Waals surface area (Å²) in [7, 11) is 3.15. The number of cyclic esters (lactones) is 1. The fourth-order valence-electron chi connectivity index (χ4n) is 3.22. The molecule has 0 radical (unpaired) electrons. The SMILES string of the molecule is CCN(Cc1ccc(OC)c(OC)c1)C(=O)C1Cc2ccccc2C(=O)O1. The van der Waals surface area contributed by atoms with Gasteiger partial charge in [-0.15, -0.1) is 0 Å². The molecule has 6 nitrogen and oxygen atoms in total. The van der Waals surface area contributed by atoms with Crippen molar-refractivity contribution in [3.63, 3.8) is 0 Å². The van der Waals surface area contributed by atoms with Crippen LogP contribution in [0.4, 0.5) is 0 Å². The molecular weight excluding hydrogens is 346 g/mol. The van der Waals surface area contributed by atoms with Crippen LogP contribution >= 0.6 is 0 Å². The van der Waals surface area contributed by atoms with Crippen LogP contribution < -0.4 is 9.47 Å². The molecule has 1 atom stereocenters. The molecule has 142 valence electrons. The van der Waals surface area contributed by atoms with E-state index in [9.17, 15) is 9.59 Å². The van der Waals surface area contributed by atoms with E-state index in [1.807, 2.05) is 37.3 Å². The largest absolute Gasteiger partial charge is 0.493 e. The Bertz CT molecular complexity index is 848. The maximum absolute atomic E-state index is 13.0. The number of esters is 1. The molecule has 1 aliphatic rings. The van der Waals surface area contributed by atoms with Gasteiger partial charge in [-0.1, -0.05) is 24.3 Å². The second-order valence-electron chi connectivity index (χ2n) is 6.30. The molecule has 0 saturated carbocycles. The molecule has 0 aliphatic carbocycles. The average molecular weight is 369 g/mol. The number of carbonyl (C=O) groups is 2. The quantitative estimate of drug-likeness (QED) is 0.733. The Morgan fingerprint density at radius 2 is 1.89 bits per heavy atom. The standard InChI is InChI=1S/C21H23NO5/c1-4-22(13-14-9-10-17(25-2)18(11-14)26-3)20(23)19-12-15-7-5-6-8-16(15)21(24)27-19/h5-11,19H,4,12-13H2,1-3H3. The number of methoxy groups -OCH3 is 2. The Balaban J connectivity index is 1.76. The summed E-state index contributed by atoms with van der Waals surface area (Å²) in [4.78, 5) is 26.8.